The first-order chi connectivity index (χ1) is 21.4. The number of hydrogen-bond acceptors (Lipinski definition) is 7. The van der Waals surface area contributed by atoms with Gasteiger partial charge in [0, 0.05) is 6.42 Å². The first kappa shape index (κ1) is 37.8. The molecule has 10 nitrogen and oxygen atoms in total. The molecule has 0 aliphatic heterocycles. The summed E-state index contributed by atoms with van der Waals surface area (Å²) in [5.41, 5.74) is 1.47. The van der Waals surface area contributed by atoms with Gasteiger partial charge in [0.2, 0.25) is 11.8 Å². The third-order valence-corrected chi connectivity index (χ3v) is 7.37. The fraction of sp³-hybridized carbons (Fsp3) is 0.528. The van der Waals surface area contributed by atoms with E-state index in [4.69, 9.17) is 9.47 Å². The minimum Gasteiger partial charge on any atom is -0.458 e. The third kappa shape index (κ3) is 11.5. The topological polar surface area (TPSA) is 138 Å². The summed E-state index contributed by atoms with van der Waals surface area (Å²) in [6, 6.07) is 13.1. The zero-order valence-corrected chi connectivity index (χ0v) is 28.9. The molecule has 4 atom stereocenters. The minimum atomic E-state index is -1.31. The van der Waals surface area contributed by atoms with Crippen molar-refractivity contribution in [1.82, 2.24) is 15.5 Å². The van der Waals surface area contributed by atoms with Crippen LogP contribution < -0.4 is 10.6 Å². The smallest absolute Gasteiger partial charge is 0.408 e. The summed E-state index contributed by atoms with van der Waals surface area (Å²) >= 11 is 0. The first-order valence-corrected chi connectivity index (χ1v) is 15.7. The second-order valence-electron chi connectivity index (χ2n) is 13.7. The van der Waals surface area contributed by atoms with Gasteiger partial charge in [-0.05, 0) is 83.6 Å². The Hall–Kier alpha value is -4.39. The molecule has 0 radical (unpaired) electrons. The van der Waals surface area contributed by atoms with Crippen molar-refractivity contribution in [3.63, 3.8) is 0 Å². The van der Waals surface area contributed by atoms with Crippen molar-refractivity contribution in [2.24, 2.45) is 5.92 Å². The second-order valence-corrected chi connectivity index (χ2v) is 13.7. The van der Waals surface area contributed by atoms with Crippen molar-refractivity contribution in [3.8, 4) is 6.07 Å². The van der Waals surface area contributed by atoms with Crippen LogP contribution >= 0.6 is 0 Å². The summed E-state index contributed by atoms with van der Waals surface area (Å²) in [4.78, 5) is 56.1. The first-order valence-electron chi connectivity index (χ1n) is 15.7. The Kier molecular flexibility index (Phi) is 13.4. The van der Waals surface area contributed by atoms with Gasteiger partial charge in [-0.1, -0.05) is 68.8 Å². The molecule has 0 fully saturated rings. The summed E-state index contributed by atoms with van der Waals surface area (Å²) in [7, 11) is 0. The lowest BCUT2D eigenvalue weighted by Crippen LogP contribution is -2.56. The highest BCUT2D eigenvalue weighted by Gasteiger charge is 2.39. The van der Waals surface area contributed by atoms with E-state index in [9.17, 15) is 24.4 Å². The summed E-state index contributed by atoms with van der Waals surface area (Å²) in [6.45, 7) is 17.4. The van der Waals surface area contributed by atoms with Gasteiger partial charge in [0.25, 0.3) is 0 Å². The maximum absolute atomic E-state index is 14.4. The summed E-state index contributed by atoms with van der Waals surface area (Å²) in [5, 5.41) is 15.4. The molecule has 0 aliphatic carbocycles. The molecule has 0 aliphatic rings. The Bertz CT molecular complexity index is 1400. The Balaban J connectivity index is 2.64. The maximum atomic E-state index is 14.4. The lowest BCUT2D eigenvalue weighted by molar-refractivity contribution is -0.159. The van der Waals surface area contributed by atoms with Gasteiger partial charge in [0.15, 0.2) is 0 Å². The van der Waals surface area contributed by atoms with E-state index in [2.05, 4.69) is 10.6 Å². The molecule has 2 N–H and O–H groups in total. The number of aryl methyl sites for hydroxylation is 2. The molecule has 0 aromatic heterocycles. The zero-order valence-electron chi connectivity index (χ0n) is 28.9. The molecule has 46 heavy (non-hydrogen) atoms. The lowest BCUT2D eigenvalue weighted by atomic mass is 9.94. The van der Waals surface area contributed by atoms with Crippen molar-refractivity contribution in [2.75, 3.05) is 6.54 Å². The highest BCUT2D eigenvalue weighted by Crippen LogP contribution is 2.27. The van der Waals surface area contributed by atoms with Crippen LogP contribution in [0.2, 0.25) is 0 Å². The van der Waals surface area contributed by atoms with Crippen LogP contribution in [0, 0.1) is 31.1 Å². The molecule has 250 valence electrons. The molecule has 0 saturated heterocycles. The van der Waals surface area contributed by atoms with E-state index >= 15 is 0 Å². The zero-order chi connectivity index (χ0) is 34.8. The fourth-order valence-corrected chi connectivity index (χ4v) is 4.74. The molecule has 2 rings (SSSR count). The van der Waals surface area contributed by atoms with Crippen LogP contribution in [-0.4, -0.2) is 58.6 Å². The molecule has 4 unspecified atom stereocenters. The van der Waals surface area contributed by atoms with Gasteiger partial charge in [0.05, 0.1) is 6.07 Å². The number of benzene rings is 2. The largest absolute Gasteiger partial charge is 0.458 e. The van der Waals surface area contributed by atoms with Gasteiger partial charge in [-0.3, -0.25) is 9.59 Å². The molecule has 2 aromatic rings. The number of hydrogen-bond donors (Lipinski definition) is 2. The molecular formula is C36H50N4O6. The average molecular weight is 635 g/mol. The van der Waals surface area contributed by atoms with E-state index in [0.717, 1.165) is 21.6 Å². The quantitative estimate of drug-likeness (QED) is 0.226. The van der Waals surface area contributed by atoms with E-state index in [1.807, 2.05) is 63.2 Å². The number of rotatable bonds is 12. The Morgan fingerprint density at radius 1 is 0.891 bits per heavy atom. The standard InChI is InChI=1S/C36H50N4O6/c1-11-23(2)29(39-34(44)46-36(8,9)10)32(42)40(20-19-37)30(27-18-17-24(3)25(4)21-27)31(41)38-28(33(43)45-35(5,6)7)22-26-15-13-12-14-16-26/h12-18,21,23,28-30H,11,20,22H2,1-10H3,(H,38,41)(H,39,44). The van der Waals surface area contributed by atoms with E-state index in [1.165, 1.54) is 0 Å². The highest BCUT2D eigenvalue weighted by atomic mass is 16.6. The van der Waals surface area contributed by atoms with Crippen LogP contribution in [0.15, 0.2) is 48.5 Å². The maximum Gasteiger partial charge on any atom is 0.408 e. The Morgan fingerprint density at radius 3 is 2.02 bits per heavy atom. The Morgan fingerprint density at radius 2 is 1.50 bits per heavy atom. The Labute approximate surface area is 273 Å². The number of carbonyl (C=O) groups is 4. The van der Waals surface area contributed by atoms with Crippen molar-refractivity contribution in [3.05, 3.63) is 70.8 Å². The third-order valence-electron chi connectivity index (χ3n) is 7.37. The van der Waals surface area contributed by atoms with Crippen molar-refractivity contribution in [1.29, 1.82) is 5.26 Å². The normalized spacial score (nSPS) is 14.1. The molecule has 2 aromatic carbocycles. The molecule has 3 amide bonds. The lowest BCUT2D eigenvalue weighted by Gasteiger charge is -2.35. The van der Waals surface area contributed by atoms with Crippen molar-refractivity contribution >= 4 is 23.9 Å². The van der Waals surface area contributed by atoms with Gasteiger partial charge in [-0.15, -0.1) is 0 Å². The van der Waals surface area contributed by atoms with Crippen LogP contribution in [0.5, 0.6) is 0 Å². The van der Waals surface area contributed by atoms with Crippen LogP contribution in [-0.2, 0) is 30.3 Å². The SMILES string of the molecule is CCC(C)C(NC(=O)OC(C)(C)C)C(=O)N(CC#N)C(C(=O)NC(Cc1ccccc1)C(=O)OC(C)(C)C)c1ccc(C)c(C)c1. The highest BCUT2D eigenvalue weighted by molar-refractivity contribution is 5.94. The van der Waals surface area contributed by atoms with Gasteiger partial charge in [-0.2, -0.15) is 5.26 Å². The average Bonchev–Trinajstić information content (AvgIpc) is 2.95. The number of nitrogens with one attached hydrogen (secondary N) is 2. The number of alkyl carbamates (subject to hydrolysis) is 1. The van der Waals surface area contributed by atoms with E-state index in [1.54, 1.807) is 60.6 Å². The van der Waals surface area contributed by atoms with Crippen LogP contribution in [0.25, 0.3) is 0 Å². The van der Waals surface area contributed by atoms with Crippen LogP contribution in [0.3, 0.4) is 0 Å². The summed E-state index contributed by atoms with van der Waals surface area (Å²) in [6.07, 6.45) is -0.128. The molecular weight excluding hydrogens is 584 g/mol. The number of ether oxygens (including phenoxy) is 2. The van der Waals surface area contributed by atoms with Gasteiger partial charge >= 0.3 is 12.1 Å². The van der Waals surface area contributed by atoms with E-state index < -0.39 is 59.7 Å². The van der Waals surface area contributed by atoms with Crippen LogP contribution in [0.4, 0.5) is 4.79 Å². The van der Waals surface area contributed by atoms with E-state index in [-0.39, 0.29) is 12.3 Å². The van der Waals surface area contributed by atoms with Crippen molar-refractivity contribution in [2.45, 2.75) is 111 Å². The van der Waals surface area contributed by atoms with Gasteiger partial charge < -0.3 is 25.0 Å². The summed E-state index contributed by atoms with van der Waals surface area (Å²) < 4.78 is 11.1. The van der Waals surface area contributed by atoms with Gasteiger partial charge in [-0.25, -0.2) is 9.59 Å². The second kappa shape index (κ2) is 16.3. The monoisotopic (exact) mass is 634 g/mol. The number of nitriles is 1. The van der Waals surface area contributed by atoms with Gasteiger partial charge in [0.1, 0.15) is 35.9 Å². The number of esters is 1. The molecule has 10 heteroatoms. The molecule has 0 heterocycles. The molecule has 0 bridgehead atoms. The molecule has 0 saturated carbocycles. The predicted octanol–water partition coefficient (Wildman–Crippen LogP) is 5.71. The number of carbonyl (C=O) groups excluding carboxylic acids is 4. The predicted molar refractivity (Wildman–Crippen MR) is 177 cm³/mol. The number of amides is 3. The van der Waals surface area contributed by atoms with Crippen LogP contribution in [0.1, 0.15) is 90.1 Å². The fourth-order valence-electron chi connectivity index (χ4n) is 4.74. The molecule has 0 spiro atoms. The van der Waals surface area contributed by atoms with Crippen molar-refractivity contribution < 1.29 is 28.7 Å². The summed E-state index contributed by atoms with van der Waals surface area (Å²) in [5.74, 6) is -2.29. The minimum absolute atomic E-state index is 0.142. The van der Waals surface area contributed by atoms with E-state index in [0.29, 0.717) is 12.0 Å². The number of nitrogens with zero attached hydrogens (tertiary/aromatic N) is 2.